The number of nitrogens with two attached hydrogens (primary N) is 1. The predicted octanol–water partition coefficient (Wildman–Crippen LogP) is 3.18. The summed E-state index contributed by atoms with van der Waals surface area (Å²) in [7, 11) is 0. The normalized spacial score (nSPS) is 13.8. The lowest BCUT2D eigenvalue weighted by Crippen LogP contribution is -2.87. The molecule has 24 heavy (non-hydrogen) atoms. The molecule has 3 heteroatoms. The van der Waals surface area contributed by atoms with Gasteiger partial charge in [0.25, 0.3) is 0 Å². The lowest BCUT2D eigenvalue weighted by Gasteiger charge is -2.16. The predicted molar refractivity (Wildman–Crippen MR) is 98.4 cm³/mol. The van der Waals surface area contributed by atoms with E-state index in [1.807, 2.05) is 24.3 Å². The quantitative estimate of drug-likeness (QED) is 0.782. The van der Waals surface area contributed by atoms with Crippen LogP contribution in [0.5, 0.6) is 5.75 Å². The Morgan fingerprint density at radius 3 is 2.38 bits per heavy atom. The van der Waals surface area contributed by atoms with Crippen molar-refractivity contribution in [3.05, 3.63) is 65.2 Å². The van der Waals surface area contributed by atoms with Gasteiger partial charge in [-0.05, 0) is 43.0 Å². The van der Waals surface area contributed by atoms with Gasteiger partial charge in [0.15, 0.2) is 0 Å². The number of aryl methyl sites for hydroxylation is 1. The minimum absolute atomic E-state index is 0.318. The van der Waals surface area contributed by atoms with E-state index < -0.39 is 6.10 Å². The third-order valence-electron chi connectivity index (χ3n) is 4.39. The highest BCUT2D eigenvalue weighted by molar-refractivity contribution is 5.36. The fraction of sp³-hybridized carbons (Fsp3) is 0.429. The van der Waals surface area contributed by atoms with Crippen molar-refractivity contribution in [3.8, 4) is 5.75 Å². The summed E-state index contributed by atoms with van der Waals surface area (Å²) in [5.74, 6) is 1.34. The summed E-state index contributed by atoms with van der Waals surface area (Å²) < 4.78 is 5.75. The Morgan fingerprint density at radius 2 is 1.75 bits per heavy atom. The summed E-state index contributed by atoms with van der Waals surface area (Å²) in [5, 5.41) is 12.3. The van der Waals surface area contributed by atoms with Crippen molar-refractivity contribution in [3.63, 3.8) is 0 Å². The second-order valence-electron chi connectivity index (χ2n) is 6.81. The third kappa shape index (κ3) is 5.36. The van der Waals surface area contributed by atoms with Crippen LogP contribution < -0.4 is 10.1 Å². The topological polar surface area (TPSA) is 46.1 Å². The number of rotatable bonds is 8. The summed E-state index contributed by atoms with van der Waals surface area (Å²) >= 11 is 0. The number of quaternary nitrogens is 1. The molecule has 0 aliphatic carbocycles. The van der Waals surface area contributed by atoms with Crippen molar-refractivity contribution >= 4 is 0 Å². The van der Waals surface area contributed by atoms with Gasteiger partial charge in [0.05, 0.1) is 0 Å². The molecule has 0 aliphatic rings. The van der Waals surface area contributed by atoms with Crippen molar-refractivity contribution in [1.82, 2.24) is 0 Å². The molecular weight excluding hydrogens is 298 g/mol. The minimum atomic E-state index is -0.485. The fourth-order valence-electron chi connectivity index (χ4n) is 2.90. The average molecular weight is 328 g/mol. The van der Waals surface area contributed by atoms with Crippen LogP contribution in [0.4, 0.5) is 0 Å². The van der Waals surface area contributed by atoms with E-state index in [0.29, 0.717) is 25.1 Å². The van der Waals surface area contributed by atoms with E-state index in [9.17, 15) is 5.11 Å². The maximum Gasteiger partial charge on any atom is 0.137 e. The molecular formula is C21H30NO2+. The number of benzene rings is 2. The molecule has 0 amide bonds. The van der Waals surface area contributed by atoms with Gasteiger partial charge in [0.1, 0.15) is 31.0 Å². The van der Waals surface area contributed by atoms with Gasteiger partial charge in [-0.15, -0.1) is 0 Å². The van der Waals surface area contributed by atoms with Crippen LogP contribution in [0.2, 0.25) is 0 Å². The van der Waals surface area contributed by atoms with E-state index in [1.54, 1.807) is 0 Å². The zero-order valence-corrected chi connectivity index (χ0v) is 15.2. The molecule has 0 fully saturated rings. The number of aliphatic hydroxyl groups excluding tert-OH is 1. The molecule has 2 aromatic carbocycles. The van der Waals surface area contributed by atoms with Crippen LogP contribution in [-0.4, -0.2) is 24.4 Å². The van der Waals surface area contributed by atoms with Crippen LogP contribution in [0.3, 0.4) is 0 Å². The summed E-state index contributed by atoms with van der Waals surface area (Å²) in [5.41, 5.74) is 3.85. The van der Waals surface area contributed by atoms with E-state index in [2.05, 4.69) is 57.3 Å². The molecule has 2 atom stereocenters. The van der Waals surface area contributed by atoms with Crippen LogP contribution in [0.15, 0.2) is 48.5 Å². The summed E-state index contributed by atoms with van der Waals surface area (Å²) in [6.45, 7) is 9.58. The Balaban J connectivity index is 1.79. The van der Waals surface area contributed by atoms with Gasteiger partial charge in [-0.1, -0.05) is 50.2 Å². The minimum Gasteiger partial charge on any atom is -0.491 e. The Bertz CT molecular complexity index is 625. The third-order valence-corrected chi connectivity index (χ3v) is 4.39. The van der Waals surface area contributed by atoms with Crippen molar-refractivity contribution < 1.29 is 15.2 Å². The van der Waals surface area contributed by atoms with E-state index in [1.165, 1.54) is 16.7 Å². The van der Waals surface area contributed by atoms with Crippen LogP contribution in [0.25, 0.3) is 0 Å². The average Bonchev–Trinajstić information content (AvgIpc) is 2.58. The van der Waals surface area contributed by atoms with E-state index in [4.69, 9.17) is 4.74 Å². The van der Waals surface area contributed by atoms with Gasteiger partial charge in [-0.25, -0.2) is 0 Å². The summed E-state index contributed by atoms with van der Waals surface area (Å²) in [6, 6.07) is 16.8. The number of ether oxygens (including phenoxy) is 1. The summed E-state index contributed by atoms with van der Waals surface area (Å²) in [4.78, 5) is 0. The molecule has 3 N–H and O–H groups in total. The van der Waals surface area contributed by atoms with Gasteiger partial charge < -0.3 is 15.2 Å². The highest BCUT2D eigenvalue weighted by Crippen LogP contribution is 2.23. The first-order valence-electron chi connectivity index (χ1n) is 8.77. The lowest BCUT2D eigenvalue weighted by atomic mass is 9.98. The van der Waals surface area contributed by atoms with Crippen molar-refractivity contribution in [1.29, 1.82) is 0 Å². The van der Waals surface area contributed by atoms with Gasteiger partial charge in [0.2, 0.25) is 0 Å². The molecule has 0 saturated heterocycles. The number of hydrogen-bond acceptors (Lipinski definition) is 2. The van der Waals surface area contributed by atoms with Crippen molar-refractivity contribution in [2.75, 3.05) is 13.2 Å². The lowest BCUT2D eigenvalue weighted by molar-refractivity contribution is -0.698. The SMILES string of the molecule is Cc1cc(OC[C@H](O)C[NH2+][C@H](C)c2ccccc2)ccc1C(C)C. The van der Waals surface area contributed by atoms with Crippen LogP contribution >= 0.6 is 0 Å². The Hall–Kier alpha value is -1.84. The monoisotopic (exact) mass is 328 g/mol. The zero-order chi connectivity index (χ0) is 17.5. The molecule has 2 aromatic rings. The molecule has 130 valence electrons. The molecule has 0 heterocycles. The Labute approximate surface area is 145 Å². The van der Waals surface area contributed by atoms with Gasteiger partial charge in [0, 0.05) is 5.56 Å². The summed E-state index contributed by atoms with van der Waals surface area (Å²) in [6.07, 6.45) is -0.485. The van der Waals surface area contributed by atoms with E-state index in [-0.39, 0.29) is 0 Å². The maximum atomic E-state index is 10.2. The van der Waals surface area contributed by atoms with Crippen molar-refractivity contribution in [2.24, 2.45) is 0 Å². The second kappa shape index (κ2) is 8.86. The van der Waals surface area contributed by atoms with Crippen molar-refractivity contribution in [2.45, 2.75) is 45.8 Å². The molecule has 0 spiro atoms. The molecule has 0 unspecified atom stereocenters. The second-order valence-corrected chi connectivity index (χ2v) is 6.81. The molecule has 3 nitrogen and oxygen atoms in total. The van der Waals surface area contributed by atoms with E-state index >= 15 is 0 Å². The zero-order valence-electron chi connectivity index (χ0n) is 15.2. The number of aliphatic hydroxyl groups is 1. The van der Waals surface area contributed by atoms with Crippen LogP contribution in [0.1, 0.15) is 49.4 Å². The first-order valence-corrected chi connectivity index (χ1v) is 8.77. The van der Waals surface area contributed by atoms with Crippen LogP contribution in [-0.2, 0) is 0 Å². The smallest absolute Gasteiger partial charge is 0.137 e. The van der Waals surface area contributed by atoms with Gasteiger partial charge in [-0.2, -0.15) is 0 Å². The molecule has 0 saturated carbocycles. The molecule has 0 aromatic heterocycles. The van der Waals surface area contributed by atoms with E-state index in [0.717, 1.165) is 5.75 Å². The Kier molecular flexibility index (Phi) is 6.83. The molecule has 0 radical (unpaired) electrons. The number of hydrogen-bond donors (Lipinski definition) is 2. The van der Waals surface area contributed by atoms with Crippen LogP contribution in [0, 0.1) is 6.92 Å². The molecule has 2 rings (SSSR count). The van der Waals surface area contributed by atoms with Gasteiger partial charge in [-0.3, -0.25) is 0 Å². The Morgan fingerprint density at radius 1 is 1.04 bits per heavy atom. The largest absolute Gasteiger partial charge is 0.491 e. The first kappa shape index (κ1) is 18.5. The highest BCUT2D eigenvalue weighted by Gasteiger charge is 2.13. The molecule has 0 aliphatic heterocycles. The molecule has 0 bridgehead atoms. The fourth-order valence-corrected chi connectivity index (χ4v) is 2.90. The maximum absolute atomic E-state index is 10.2. The highest BCUT2D eigenvalue weighted by atomic mass is 16.5. The first-order chi connectivity index (χ1) is 11.5. The standard InChI is InChI=1S/C21H29NO2/c1-15(2)21-11-10-20(12-16(21)3)24-14-19(23)13-22-17(4)18-8-6-5-7-9-18/h5-12,15,17,19,22-23H,13-14H2,1-4H3/p+1/t17-,19-/m1/s1. The van der Waals surface area contributed by atoms with Gasteiger partial charge >= 0.3 is 0 Å².